The molecule has 5 atom stereocenters. The molecule has 2 unspecified atom stereocenters. The molecule has 12 N–H and O–H groups in total. The van der Waals surface area contributed by atoms with Gasteiger partial charge in [-0.1, -0.05) is 30.3 Å². The van der Waals surface area contributed by atoms with Crippen LogP contribution >= 0.6 is 0 Å². The predicted molar refractivity (Wildman–Crippen MR) is 181 cm³/mol. The van der Waals surface area contributed by atoms with Crippen molar-refractivity contribution in [2.45, 2.75) is 62.4 Å². The number of aromatic amines is 1. The number of halogens is 1. The third kappa shape index (κ3) is 10.2. The monoisotopic (exact) mass is 695 g/mol. The Hall–Kier alpha value is -5.55. The number of nitrogens with zero attached hydrogens (tertiary/aromatic N) is 2. The predicted octanol–water partition coefficient (Wildman–Crippen LogP) is -1.39. The maximum atomic E-state index is 13.5. The van der Waals surface area contributed by atoms with E-state index >= 15 is 0 Å². The van der Waals surface area contributed by atoms with Crippen molar-refractivity contribution in [2.24, 2.45) is 22.2 Å². The third-order valence-corrected chi connectivity index (χ3v) is 8.28. The molecule has 50 heavy (non-hydrogen) atoms. The van der Waals surface area contributed by atoms with Crippen molar-refractivity contribution in [2.75, 3.05) is 19.6 Å². The molecule has 268 valence electrons. The van der Waals surface area contributed by atoms with Gasteiger partial charge in [0.2, 0.25) is 23.6 Å². The van der Waals surface area contributed by atoms with Gasteiger partial charge in [0.25, 0.3) is 0 Å². The van der Waals surface area contributed by atoms with Crippen LogP contribution < -0.4 is 33.2 Å². The van der Waals surface area contributed by atoms with Crippen LogP contribution in [0.1, 0.15) is 30.4 Å². The van der Waals surface area contributed by atoms with E-state index in [2.05, 4.69) is 25.9 Å². The lowest BCUT2D eigenvalue weighted by molar-refractivity contribution is -0.141. The van der Waals surface area contributed by atoms with Crippen LogP contribution in [0.5, 0.6) is 0 Å². The number of hydrogen-bond acceptors (Lipinski definition) is 8. The second kappa shape index (κ2) is 17.2. The fourth-order valence-corrected chi connectivity index (χ4v) is 5.78. The number of carbonyl (C=O) groups excluding carboxylic acids is 4. The van der Waals surface area contributed by atoms with Crippen molar-refractivity contribution in [3.63, 3.8) is 0 Å². The summed E-state index contributed by atoms with van der Waals surface area (Å²) in [6, 6.07) is 8.00. The number of benzene rings is 2. The number of fused-ring (bicyclic) bond motifs is 1. The number of aliphatic carboxylic acids is 1. The third-order valence-electron chi connectivity index (χ3n) is 8.28. The average Bonchev–Trinajstić information content (AvgIpc) is 3.68. The van der Waals surface area contributed by atoms with Crippen LogP contribution in [0.4, 0.5) is 4.39 Å². The Kier molecular flexibility index (Phi) is 12.8. The molecular weight excluding hydrogens is 653 g/mol. The Morgan fingerprint density at radius 2 is 1.74 bits per heavy atom. The maximum Gasteiger partial charge on any atom is 0.326 e. The summed E-state index contributed by atoms with van der Waals surface area (Å²) in [5, 5.41) is 28.4. The highest BCUT2D eigenvalue weighted by Gasteiger charge is 2.41. The summed E-state index contributed by atoms with van der Waals surface area (Å²) in [5.74, 6) is -4.77. The van der Waals surface area contributed by atoms with Crippen molar-refractivity contribution >= 4 is 46.5 Å². The van der Waals surface area contributed by atoms with E-state index in [-0.39, 0.29) is 51.2 Å². The Morgan fingerprint density at radius 3 is 2.44 bits per heavy atom. The van der Waals surface area contributed by atoms with Gasteiger partial charge in [-0.3, -0.25) is 24.2 Å². The highest BCUT2D eigenvalue weighted by molar-refractivity contribution is 5.95. The zero-order valence-corrected chi connectivity index (χ0v) is 27.2. The number of hydrogen-bond donors (Lipinski definition) is 9. The summed E-state index contributed by atoms with van der Waals surface area (Å²) >= 11 is 0. The normalized spacial score (nSPS) is 17.4. The van der Waals surface area contributed by atoms with E-state index in [9.17, 15) is 38.6 Å². The highest BCUT2D eigenvalue weighted by atomic mass is 19.1. The van der Waals surface area contributed by atoms with Crippen molar-refractivity contribution < 1.29 is 38.6 Å². The lowest BCUT2D eigenvalue weighted by Gasteiger charge is -2.28. The van der Waals surface area contributed by atoms with Crippen LogP contribution in [0.15, 0.2) is 59.7 Å². The van der Waals surface area contributed by atoms with E-state index in [1.807, 2.05) is 24.3 Å². The number of aliphatic hydroxyl groups excluding tert-OH is 1. The molecule has 4 amide bonds. The van der Waals surface area contributed by atoms with E-state index in [0.29, 0.717) is 11.1 Å². The number of likely N-dealkylation sites (tertiary alicyclic amines) is 1. The minimum atomic E-state index is -1.29. The number of amides is 4. The molecule has 0 aliphatic carbocycles. The number of para-hydroxylation sites is 1. The Labute approximate surface area is 286 Å². The van der Waals surface area contributed by atoms with Crippen LogP contribution in [0.2, 0.25) is 0 Å². The maximum absolute atomic E-state index is 13.5. The number of aromatic nitrogens is 1. The fraction of sp³-hybridized carbons (Fsp3) is 0.394. The molecule has 4 rings (SSSR count). The van der Waals surface area contributed by atoms with Gasteiger partial charge >= 0.3 is 5.97 Å². The molecule has 1 aliphatic rings. The summed E-state index contributed by atoms with van der Waals surface area (Å²) in [4.78, 5) is 72.9. The minimum absolute atomic E-state index is 0.0154. The quantitative estimate of drug-likeness (QED) is 0.0481. The molecule has 1 aliphatic heterocycles. The first kappa shape index (κ1) is 37.3. The molecule has 2 aromatic carbocycles. The molecule has 0 spiro atoms. The number of carbonyl (C=O) groups is 5. The number of carboxylic acids is 1. The van der Waals surface area contributed by atoms with Gasteiger partial charge in [-0.15, -0.1) is 0 Å². The highest BCUT2D eigenvalue weighted by Crippen LogP contribution is 2.21. The summed E-state index contributed by atoms with van der Waals surface area (Å²) in [7, 11) is 0. The summed E-state index contributed by atoms with van der Waals surface area (Å²) in [6.07, 6.45) is 0.840. The molecule has 1 aromatic heterocycles. The number of β-amino-alcohol motifs (C(OH)–C–C–N with tert-alkyl or cyclic N) is 1. The SMILES string of the molecule is NC(N)=NCCCC(NC(=O)[C@H]1CC(O)CN1C(=O)[C@@H](N)Cc1ccc(F)cc1)C(=O)NCC(=O)N[C@@H](Cc1c[nH]c2ccccc12)C(=O)O. The van der Waals surface area contributed by atoms with Gasteiger partial charge in [0.05, 0.1) is 18.7 Å². The van der Waals surface area contributed by atoms with Gasteiger partial charge in [0, 0.05) is 43.0 Å². The van der Waals surface area contributed by atoms with Gasteiger partial charge in [-0.05, 0) is 48.6 Å². The number of guanidine groups is 1. The molecule has 1 saturated heterocycles. The van der Waals surface area contributed by atoms with Crippen LogP contribution in [-0.4, -0.2) is 106 Å². The topological polar surface area (TPSA) is 271 Å². The minimum Gasteiger partial charge on any atom is -0.480 e. The van der Waals surface area contributed by atoms with E-state index < -0.39 is 72.2 Å². The van der Waals surface area contributed by atoms with Crippen LogP contribution in [0.3, 0.4) is 0 Å². The molecule has 17 heteroatoms. The summed E-state index contributed by atoms with van der Waals surface area (Å²) in [6.45, 7) is -0.637. The largest absolute Gasteiger partial charge is 0.480 e. The Morgan fingerprint density at radius 1 is 1.02 bits per heavy atom. The second-order valence-electron chi connectivity index (χ2n) is 12.1. The van der Waals surface area contributed by atoms with Crippen molar-refractivity contribution in [3.8, 4) is 0 Å². The van der Waals surface area contributed by atoms with Gasteiger partial charge in [-0.2, -0.15) is 0 Å². The zero-order valence-electron chi connectivity index (χ0n) is 27.2. The lowest BCUT2D eigenvalue weighted by atomic mass is 10.0. The van der Waals surface area contributed by atoms with Gasteiger partial charge in [0.1, 0.15) is 23.9 Å². The summed E-state index contributed by atoms with van der Waals surface area (Å²) < 4.78 is 13.3. The van der Waals surface area contributed by atoms with Gasteiger partial charge in [-0.25, -0.2) is 9.18 Å². The Balaban J connectivity index is 1.38. The summed E-state index contributed by atoms with van der Waals surface area (Å²) in [5.41, 5.74) is 19.0. The van der Waals surface area contributed by atoms with Crippen molar-refractivity contribution in [1.82, 2.24) is 25.8 Å². The molecule has 0 saturated carbocycles. The lowest BCUT2D eigenvalue weighted by Crippen LogP contribution is -2.56. The molecule has 1 fully saturated rings. The van der Waals surface area contributed by atoms with Crippen molar-refractivity contribution in [3.05, 3.63) is 71.7 Å². The number of nitrogens with two attached hydrogens (primary N) is 3. The van der Waals surface area contributed by atoms with E-state index in [0.717, 1.165) is 15.8 Å². The number of H-pyrrole nitrogens is 1. The number of carboxylic acid groups (broad SMARTS) is 1. The molecule has 16 nitrogen and oxygen atoms in total. The number of nitrogens with one attached hydrogen (secondary N) is 4. The first-order chi connectivity index (χ1) is 23.8. The number of aliphatic hydroxyl groups is 1. The molecule has 3 aromatic rings. The smallest absolute Gasteiger partial charge is 0.326 e. The fourth-order valence-electron chi connectivity index (χ4n) is 5.78. The van der Waals surface area contributed by atoms with Crippen LogP contribution in [-0.2, 0) is 36.8 Å². The first-order valence-electron chi connectivity index (χ1n) is 16.0. The first-order valence-corrected chi connectivity index (χ1v) is 16.0. The second-order valence-corrected chi connectivity index (χ2v) is 12.1. The molecule has 0 bridgehead atoms. The van der Waals surface area contributed by atoms with Crippen LogP contribution in [0, 0.1) is 5.82 Å². The van der Waals surface area contributed by atoms with Gasteiger partial charge in [0.15, 0.2) is 5.96 Å². The number of aliphatic imine (C=N–C) groups is 1. The van der Waals surface area contributed by atoms with Crippen LogP contribution in [0.25, 0.3) is 10.9 Å². The van der Waals surface area contributed by atoms with Gasteiger partial charge < -0.3 is 53.2 Å². The zero-order chi connectivity index (χ0) is 36.4. The Bertz CT molecular complexity index is 1710. The molecule has 0 radical (unpaired) electrons. The number of rotatable bonds is 16. The average molecular weight is 696 g/mol. The standard InChI is InChI=1S/C33H42FN9O7/c34-20-9-7-18(8-10-20)12-23(35)31(48)43-17-21(44)14-27(43)30(47)42-25(6-3-11-38-33(36)37)29(46)40-16-28(45)41-26(32(49)50)13-19-15-39-24-5-2-1-4-22(19)24/h1-2,4-5,7-10,15,21,23,25-27,39,44H,3,6,11-14,16-17,35H2,(H,40,46)(H,41,45)(H,42,47)(H,49,50)(H4,36,37,38)/t21?,23-,25?,26-,27+/m0/s1. The van der Waals surface area contributed by atoms with Crippen molar-refractivity contribution in [1.29, 1.82) is 0 Å². The molecule has 2 heterocycles. The molecular formula is C33H42FN9O7. The van der Waals surface area contributed by atoms with E-state index in [1.54, 1.807) is 6.20 Å². The van der Waals surface area contributed by atoms with E-state index in [4.69, 9.17) is 17.2 Å². The van der Waals surface area contributed by atoms with E-state index in [1.165, 1.54) is 24.3 Å².